The van der Waals surface area contributed by atoms with Crippen molar-refractivity contribution >= 4 is 28.2 Å². The second-order valence-corrected chi connectivity index (χ2v) is 8.85. The fraction of sp³-hybridized carbons (Fsp3) is 0.200. The Morgan fingerprint density at radius 2 is 1.76 bits per heavy atom. The highest BCUT2D eigenvalue weighted by Crippen LogP contribution is 2.24. The summed E-state index contributed by atoms with van der Waals surface area (Å²) in [4.78, 5) is 29.5. The van der Waals surface area contributed by atoms with E-state index in [1.807, 2.05) is 48.5 Å². The predicted molar refractivity (Wildman–Crippen MR) is 130 cm³/mol. The Bertz CT molecular complexity index is 1230. The average molecular weight is 460 g/mol. The molecular formula is C25H25N5O2S. The molecule has 2 aromatic heterocycles. The number of rotatable bonds is 8. The zero-order chi connectivity index (χ0) is 23.2. The van der Waals surface area contributed by atoms with E-state index in [1.54, 1.807) is 22.5 Å². The molecular weight excluding hydrogens is 434 g/mol. The maximum Gasteiger partial charge on any atom is 0.256 e. The van der Waals surface area contributed by atoms with E-state index in [-0.39, 0.29) is 11.8 Å². The van der Waals surface area contributed by atoms with Crippen LogP contribution in [0.25, 0.3) is 0 Å². The third-order valence-corrected chi connectivity index (χ3v) is 6.16. The third kappa shape index (κ3) is 5.53. The monoisotopic (exact) mass is 459 g/mol. The SMILES string of the molecule is CC(C)c1ccc(C(=O)Nc2sccc2C(=O)NCc2ccccc2Cn2cncn2)cc1. The molecule has 33 heavy (non-hydrogen) atoms. The minimum atomic E-state index is -0.239. The van der Waals surface area contributed by atoms with Crippen molar-refractivity contribution in [1.29, 1.82) is 0 Å². The fourth-order valence-corrected chi connectivity index (χ4v) is 4.20. The Morgan fingerprint density at radius 3 is 2.45 bits per heavy atom. The number of nitrogens with zero attached hydrogens (tertiary/aromatic N) is 3. The molecule has 0 aliphatic heterocycles. The number of hydrogen-bond acceptors (Lipinski definition) is 5. The second kappa shape index (κ2) is 10.2. The van der Waals surface area contributed by atoms with Crippen molar-refractivity contribution in [2.24, 2.45) is 0 Å². The van der Waals surface area contributed by atoms with Crippen LogP contribution < -0.4 is 10.6 Å². The van der Waals surface area contributed by atoms with Crippen molar-refractivity contribution in [2.45, 2.75) is 32.9 Å². The van der Waals surface area contributed by atoms with Gasteiger partial charge in [-0.15, -0.1) is 11.3 Å². The van der Waals surface area contributed by atoms with Crippen LogP contribution in [0, 0.1) is 0 Å². The molecule has 0 fully saturated rings. The normalized spacial score (nSPS) is 10.9. The largest absolute Gasteiger partial charge is 0.348 e. The van der Waals surface area contributed by atoms with Crippen LogP contribution in [0.2, 0.25) is 0 Å². The Labute approximate surface area is 196 Å². The quantitative estimate of drug-likeness (QED) is 0.400. The third-order valence-electron chi connectivity index (χ3n) is 5.33. The van der Waals surface area contributed by atoms with Gasteiger partial charge in [0.05, 0.1) is 12.1 Å². The number of carbonyl (C=O) groups is 2. The van der Waals surface area contributed by atoms with Crippen molar-refractivity contribution in [1.82, 2.24) is 20.1 Å². The summed E-state index contributed by atoms with van der Waals surface area (Å²) in [6.07, 6.45) is 3.15. The first-order chi connectivity index (χ1) is 16.0. The highest BCUT2D eigenvalue weighted by atomic mass is 32.1. The van der Waals surface area contributed by atoms with E-state index in [0.717, 1.165) is 11.1 Å². The Morgan fingerprint density at radius 1 is 1.00 bits per heavy atom. The summed E-state index contributed by atoms with van der Waals surface area (Å²) in [7, 11) is 0. The van der Waals surface area contributed by atoms with E-state index < -0.39 is 0 Å². The van der Waals surface area contributed by atoms with Gasteiger partial charge in [0.1, 0.15) is 17.7 Å². The molecule has 0 unspecified atom stereocenters. The predicted octanol–water partition coefficient (Wildman–Crippen LogP) is 4.69. The topological polar surface area (TPSA) is 88.9 Å². The molecule has 0 radical (unpaired) electrons. The number of amides is 2. The summed E-state index contributed by atoms with van der Waals surface area (Å²) >= 11 is 1.33. The number of aromatic nitrogens is 3. The van der Waals surface area contributed by atoms with Gasteiger partial charge in [-0.05, 0) is 46.2 Å². The molecule has 7 nitrogen and oxygen atoms in total. The van der Waals surface area contributed by atoms with E-state index in [4.69, 9.17) is 0 Å². The lowest BCUT2D eigenvalue weighted by molar-refractivity contribution is 0.0952. The first-order valence-corrected chi connectivity index (χ1v) is 11.6. The zero-order valence-corrected chi connectivity index (χ0v) is 19.3. The van der Waals surface area contributed by atoms with Gasteiger partial charge in [0.25, 0.3) is 11.8 Å². The molecule has 0 saturated carbocycles. The molecule has 8 heteroatoms. The van der Waals surface area contributed by atoms with Crippen molar-refractivity contribution in [3.63, 3.8) is 0 Å². The van der Waals surface area contributed by atoms with Gasteiger partial charge in [-0.2, -0.15) is 5.10 Å². The standard InChI is InChI=1S/C25H25N5O2S/c1-17(2)18-7-9-19(10-8-18)23(31)29-25-22(11-12-33-25)24(32)27-13-20-5-3-4-6-21(20)14-30-16-26-15-28-30/h3-12,15-17H,13-14H2,1-2H3,(H,27,32)(H,29,31). The first kappa shape index (κ1) is 22.4. The summed E-state index contributed by atoms with van der Waals surface area (Å²) < 4.78 is 1.74. The van der Waals surface area contributed by atoms with Crippen LogP contribution in [0.4, 0.5) is 5.00 Å². The van der Waals surface area contributed by atoms with Gasteiger partial charge in [-0.1, -0.05) is 50.2 Å². The van der Waals surface area contributed by atoms with Crippen molar-refractivity contribution < 1.29 is 9.59 Å². The fourth-order valence-electron chi connectivity index (χ4n) is 3.42. The number of hydrogen-bond donors (Lipinski definition) is 2. The Balaban J connectivity index is 1.41. The van der Waals surface area contributed by atoms with Gasteiger partial charge in [0, 0.05) is 12.1 Å². The first-order valence-electron chi connectivity index (χ1n) is 10.7. The molecule has 0 bridgehead atoms. The number of thiophene rings is 1. The molecule has 0 atom stereocenters. The van der Waals surface area contributed by atoms with Gasteiger partial charge >= 0.3 is 0 Å². The maximum absolute atomic E-state index is 12.9. The molecule has 4 rings (SSSR count). The van der Waals surface area contributed by atoms with Gasteiger partial charge in [0.15, 0.2) is 0 Å². The smallest absolute Gasteiger partial charge is 0.256 e. The summed E-state index contributed by atoms with van der Waals surface area (Å²) in [6, 6.07) is 17.1. The molecule has 2 amide bonds. The summed E-state index contributed by atoms with van der Waals surface area (Å²) in [6.45, 7) is 5.16. The molecule has 2 heterocycles. The lowest BCUT2D eigenvalue weighted by atomic mass is 10.0. The van der Waals surface area contributed by atoms with Crippen LogP contribution in [0.5, 0.6) is 0 Å². The summed E-state index contributed by atoms with van der Waals surface area (Å²) in [5.74, 6) is -0.0757. The van der Waals surface area contributed by atoms with E-state index in [9.17, 15) is 9.59 Å². The lowest BCUT2D eigenvalue weighted by Crippen LogP contribution is -2.24. The average Bonchev–Trinajstić information content (AvgIpc) is 3.50. The van der Waals surface area contributed by atoms with Gasteiger partial charge < -0.3 is 10.6 Å². The zero-order valence-electron chi connectivity index (χ0n) is 18.5. The van der Waals surface area contributed by atoms with Gasteiger partial charge in [-0.25, -0.2) is 9.67 Å². The minimum Gasteiger partial charge on any atom is -0.348 e. The van der Waals surface area contributed by atoms with Crippen LogP contribution in [0.3, 0.4) is 0 Å². The molecule has 2 aromatic carbocycles. The van der Waals surface area contributed by atoms with E-state index in [1.165, 1.54) is 23.2 Å². The van der Waals surface area contributed by atoms with Crippen LogP contribution >= 0.6 is 11.3 Å². The van der Waals surface area contributed by atoms with Crippen LogP contribution in [-0.4, -0.2) is 26.6 Å². The van der Waals surface area contributed by atoms with E-state index in [2.05, 4.69) is 34.6 Å². The molecule has 0 aliphatic carbocycles. The number of nitrogens with one attached hydrogen (secondary N) is 2. The van der Waals surface area contributed by atoms with Crippen LogP contribution in [0.15, 0.2) is 72.6 Å². The molecule has 168 valence electrons. The number of carbonyl (C=O) groups excluding carboxylic acids is 2. The molecule has 2 N–H and O–H groups in total. The highest BCUT2D eigenvalue weighted by molar-refractivity contribution is 7.14. The van der Waals surface area contributed by atoms with E-state index >= 15 is 0 Å². The number of anilines is 1. The van der Waals surface area contributed by atoms with Gasteiger partial charge in [0.2, 0.25) is 0 Å². The second-order valence-electron chi connectivity index (χ2n) is 7.94. The number of benzene rings is 2. The van der Waals surface area contributed by atoms with Crippen molar-refractivity contribution in [2.75, 3.05) is 5.32 Å². The summed E-state index contributed by atoms with van der Waals surface area (Å²) in [5, 5.41) is 12.3. The molecule has 0 saturated heterocycles. The Kier molecular flexibility index (Phi) is 6.95. The Hall–Kier alpha value is -3.78. The van der Waals surface area contributed by atoms with E-state index in [0.29, 0.717) is 35.1 Å². The van der Waals surface area contributed by atoms with Crippen molar-refractivity contribution in [3.05, 3.63) is 100 Å². The highest BCUT2D eigenvalue weighted by Gasteiger charge is 2.16. The summed E-state index contributed by atoms with van der Waals surface area (Å²) in [5.41, 5.74) is 4.22. The maximum atomic E-state index is 12.9. The van der Waals surface area contributed by atoms with Crippen molar-refractivity contribution in [3.8, 4) is 0 Å². The van der Waals surface area contributed by atoms with Crippen LogP contribution in [-0.2, 0) is 13.1 Å². The van der Waals surface area contributed by atoms with Gasteiger partial charge in [-0.3, -0.25) is 9.59 Å². The minimum absolute atomic E-state index is 0.236. The molecule has 0 aliphatic rings. The lowest BCUT2D eigenvalue weighted by Gasteiger charge is -2.12. The van der Waals surface area contributed by atoms with Crippen LogP contribution in [0.1, 0.15) is 57.2 Å². The molecule has 4 aromatic rings. The molecule has 0 spiro atoms.